The van der Waals surface area contributed by atoms with Gasteiger partial charge in [-0.25, -0.2) is 9.97 Å². The lowest BCUT2D eigenvalue weighted by Crippen LogP contribution is -1.94. The highest BCUT2D eigenvalue weighted by molar-refractivity contribution is 6.33. The summed E-state index contributed by atoms with van der Waals surface area (Å²) in [6, 6.07) is 7.56. The van der Waals surface area contributed by atoms with Crippen molar-refractivity contribution in [3.8, 4) is 16.9 Å². The Labute approximate surface area is 109 Å². The standard InChI is InChI=1S/C12H10Cl2N2O/c1-7-10(11(13)16-12(14)15-7)8-4-3-5-9(6-8)17-2/h3-6H,1-2H3. The summed E-state index contributed by atoms with van der Waals surface area (Å²) in [7, 11) is 1.62. The Bertz CT molecular complexity index is 535. The molecule has 0 bridgehead atoms. The maximum atomic E-state index is 6.09. The van der Waals surface area contributed by atoms with Crippen molar-refractivity contribution in [1.82, 2.24) is 9.97 Å². The van der Waals surface area contributed by atoms with Crippen molar-refractivity contribution in [3.05, 3.63) is 40.4 Å². The van der Waals surface area contributed by atoms with Gasteiger partial charge in [-0.05, 0) is 36.2 Å². The maximum Gasteiger partial charge on any atom is 0.224 e. The molecule has 2 aromatic rings. The Hall–Kier alpha value is -1.32. The number of benzene rings is 1. The fraction of sp³-hybridized carbons (Fsp3) is 0.167. The molecule has 0 saturated heterocycles. The largest absolute Gasteiger partial charge is 0.497 e. The molecule has 1 heterocycles. The minimum Gasteiger partial charge on any atom is -0.497 e. The van der Waals surface area contributed by atoms with Gasteiger partial charge in [0, 0.05) is 5.56 Å². The van der Waals surface area contributed by atoms with E-state index in [1.54, 1.807) is 7.11 Å². The molecule has 5 heteroatoms. The van der Waals surface area contributed by atoms with Gasteiger partial charge >= 0.3 is 0 Å². The third-order valence-corrected chi connectivity index (χ3v) is 2.82. The minimum absolute atomic E-state index is 0.152. The van der Waals surface area contributed by atoms with Crippen LogP contribution in [-0.2, 0) is 0 Å². The molecule has 0 aliphatic carbocycles. The SMILES string of the molecule is COc1cccc(-c2c(C)nc(Cl)nc2Cl)c1. The van der Waals surface area contributed by atoms with Crippen LogP contribution in [0.4, 0.5) is 0 Å². The summed E-state index contributed by atoms with van der Waals surface area (Å²) >= 11 is 11.8. The number of halogens is 2. The average molecular weight is 269 g/mol. The van der Waals surface area contributed by atoms with E-state index in [-0.39, 0.29) is 5.28 Å². The van der Waals surface area contributed by atoms with Crippen LogP contribution in [0.15, 0.2) is 24.3 Å². The first kappa shape index (κ1) is 12.1. The van der Waals surface area contributed by atoms with E-state index in [9.17, 15) is 0 Å². The Kier molecular flexibility index (Phi) is 3.50. The minimum atomic E-state index is 0.152. The molecule has 0 aliphatic heterocycles. The van der Waals surface area contributed by atoms with Crippen molar-refractivity contribution < 1.29 is 4.74 Å². The second kappa shape index (κ2) is 4.90. The number of rotatable bonds is 2. The predicted octanol–water partition coefficient (Wildman–Crippen LogP) is 3.77. The molecular weight excluding hydrogens is 259 g/mol. The van der Waals surface area contributed by atoms with Crippen molar-refractivity contribution in [3.63, 3.8) is 0 Å². The van der Waals surface area contributed by atoms with Gasteiger partial charge in [0.15, 0.2) is 0 Å². The molecule has 1 aromatic heterocycles. The van der Waals surface area contributed by atoms with Crippen LogP contribution >= 0.6 is 23.2 Å². The summed E-state index contributed by atoms with van der Waals surface area (Å²) in [5.41, 5.74) is 2.42. The first-order chi connectivity index (χ1) is 8.11. The fourth-order valence-corrected chi connectivity index (χ4v) is 2.19. The van der Waals surface area contributed by atoms with E-state index in [0.717, 1.165) is 22.6 Å². The molecule has 0 aliphatic rings. The van der Waals surface area contributed by atoms with Crippen LogP contribution < -0.4 is 4.74 Å². The van der Waals surface area contributed by atoms with Crippen molar-refractivity contribution in [2.24, 2.45) is 0 Å². The van der Waals surface area contributed by atoms with Gasteiger partial charge in [-0.2, -0.15) is 0 Å². The van der Waals surface area contributed by atoms with Crippen LogP contribution in [0, 0.1) is 6.92 Å². The van der Waals surface area contributed by atoms with E-state index in [2.05, 4.69) is 9.97 Å². The third kappa shape index (κ3) is 2.51. The van der Waals surface area contributed by atoms with Crippen molar-refractivity contribution in [2.75, 3.05) is 7.11 Å². The molecule has 88 valence electrons. The topological polar surface area (TPSA) is 35.0 Å². The summed E-state index contributed by atoms with van der Waals surface area (Å²) in [6.07, 6.45) is 0. The normalized spacial score (nSPS) is 10.4. The van der Waals surface area contributed by atoms with E-state index < -0.39 is 0 Å². The highest BCUT2D eigenvalue weighted by Crippen LogP contribution is 2.31. The van der Waals surface area contributed by atoms with Gasteiger partial charge in [0.1, 0.15) is 10.9 Å². The molecule has 0 amide bonds. The summed E-state index contributed by atoms with van der Waals surface area (Å²) in [6.45, 7) is 1.84. The van der Waals surface area contributed by atoms with Gasteiger partial charge in [0.05, 0.1) is 12.8 Å². The number of hydrogen-bond acceptors (Lipinski definition) is 3. The summed E-state index contributed by atoms with van der Waals surface area (Å²) in [5, 5.41) is 0.495. The summed E-state index contributed by atoms with van der Waals surface area (Å²) < 4.78 is 5.17. The number of aromatic nitrogens is 2. The van der Waals surface area contributed by atoms with E-state index in [4.69, 9.17) is 27.9 Å². The van der Waals surface area contributed by atoms with Crippen molar-refractivity contribution in [2.45, 2.75) is 6.92 Å². The zero-order valence-corrected chi connectivity index (χ0v) is 10.9. The average Bonchev–Trinajstić information content (AvgIpc) is 2.28. The first-order valence-corrected chi connectivity index (χ1v) is 5.71. The molecule has 17 heavy (non-hydrogen) atoms. The lowest BCUT2D eigenvalue weighted by Gasteiger charge is -2.08. The van der Waals surface area contributed by atoms with Crippen LogP contribution in [-0.4, -0.2) is 17.1 Å². The van der Waals surface area contributed by atoms with Crippen LogP contribution in [0.2, 0.25) is 10.4 Å². The van der Waals surface area contributed by atoms with Gasteiger partial charge in [-0.15, -0.1) is 0 Å². The smallest absolute Gasteiger partial charge is 0.224 e. The number of hydrogen-bond donors (Lipinski definition) is 0. The molecule has 0 N–H and O–H groups in total. The number of ether oxygens (including phenoxy) is 1. The summed E-state index contributed by atoms with van der Waals surface area (Å²) in [5.74, 6) is 0.757. The zero-order valence-electron chi connectivity index (χ0n) is 9.37. The van der Waals surface area contributed by atoms with E-state index in [0.29, 0.717) is 5.15 Å². The molecule has 0 atom stereocenters. The molecular formula is C12H10Cl2N2O. The lowest BCUT2D eigenvalue weighted by molar-refractivity contribution is 0.415. The third-order valence-electron chi connectivity index (χ3n) is 2.38. The van der Waals surface area contributed by atoms with Crippen LogP contribution in [0.3, 0.4) is 0 Å². The molecule has 2 rings (SSSR count). The molecule has 0 fully saturated rings. The first-order valence-electron chi connectivity index (χ1n) is 4.96. The quantitative estimate of drug-likeness (QED) is 0.615. The number of aryl methyl sites for hydroxylation is 1. The van der Waals surface area contributed by atoms with Crippen molar-refractivity contribution in [1.29, 1.82) is 0 Å². The summed E-state index contributed by atoms with van der Waals surface area (Å²) in [4.78, 5) is 8.04. The predicted molar refractivity (Wildman–Crippen MR) is 68.8 cm³/mol. The second-order valence-electron chi connectivity index (χ2n) is 3.48. The van der Waals surface area contributed by atoms with Gasteiger partial charge in [0.25, 0.3) is 0 Å². The highest BCUT2D eigenvalue weighted by Gasteiger charge is 2.11. The zero-order chi connectivity index (χ0) is 12.4. The maximum absolute atomic E-state index is 6.09. The van der Waals surface area contributed by atoms with Crippen LogP contribution in [0.1, 0.15) is 5.69 Å². The molecule has 0 saturated carbocycles. The lowest BCUT2D eigenvalue weighted by atomic mass is 10.1. The molecule has 0 spiro atoms. The Morgan fingerprint density at radius 2 is 1.94 bits per heavy atom. The van der Waals surface area contributed by atoms with Gasteiger partial charge in [-0.3, -0.25) is 0 Å². The van der Waals surface area contributed by atoms with Gasteiger partial charge in [-0.1, -0.05) is 23.7 Å². The van der Waals surface area contributed by atoms with Crippen molar-refractivity contribution >= 4 is 23.2 Å². The van der Waals surface area contributed by atoms with Crippen LogP contribution in [0.25, 0.3) is 11.1 Å². The Morgan fingerprint density at radius 1 is 1.18 bits per heavy atom. The number of nitrogens with zero attached hydrogens (tertiary/aromatic N) is 2. The van der Waals surface area contributed by atoms with E-state index in [1.807, 2.05) is 31.2 Å². The Morgan fingerprint density at radius 3 is 2.59 bits per heavy atom. The number of methoxy groups -OCH3 is 1. The van der Waals surface area contributed by atoms with Crippen LogP contribution in [0.5, 0.6) is 5.75 Å². The van der Waals surface area contributed by atoms with E-state index in [1.165, 1.54) is 0 Å². The monoisotopic (exact) mass is 268 g/mol. The molecule has 1 aromatic carbocycles. The van der Waals surface area contributed by atoms with Gasteiger partial charge in [0.2, 0.25) is 5.28 Å². The Balaban J connectivity index is 2.60. The van der Waals surface area contributed by atoms with Gasteiger partial charge < -0.3 is 4.74 Å². The molecule has 0 radical (unpaired) electrons. The second-order valence-corrected chi connectivity index (χ2v) is 4.17. The fourth-order valence-electron chi connectivity index (χ4n) is 1.61. The molecule has 3 nitrogen and oxygen atoms in total. The highest BCUT2D eigenvalue weighted by atomic mass is 35.5. The van der Waals surface area contributed by atoms with E-state index >= 15 is 0 Å². The molecule has 0 unspecified atom stereocenters.